The lowest BCUT2D eigenvalue weighted by Crippen LogP contribution is -2.33. The molecule has 1 aliphatic heterocycles. The minimum absolute atomic E-state index is 0.120. The largest absolute Gasteiger partial charge is 0.506 e. The Morgan fingerprint density at radius 3 is 2.50 bits per heavy atom. The van der Waals surface area contributed by atoms with Gasteiger partial charge in [0.05, 0.1) is 16.3 Å². The lowest BCUT2D eigenvalue weighted by molar-refractivity contribution is -0.132. The van der Waals surface area contributed by atoms with Crippen molar-refractivity contribution >= 4 is 52.4 Å². The fourth-order valence-corrected chi connectivity index (χ4v) is 5.62. The molecule has 2 aliphatic rings. The molecule has 1 spiro atoms. The van der Waals surface area contributed by atoms with Crippen LogP contribution in [0.25, 0.3) is 0 Å². The van der Waals surface area contributed by atoms with Crippen LogP contribution in [0.2, 0.25) is 10.0 Å². The van der Waals surface area contributed by atoms with Gasteiger partial charge in [0.25, 0.3) is 11.8 Å². The van der Waals surface area contributed by atoms with Crippen molar-refractivity contribution in [1.82, 2.24) is 0 Å². The number of phenols is 1. The number of carboxylic acids is 1. The molecule has 0 fully saturated rings. The van der Waals surface area contributed by atoms with E-state index in [1.54, 1.807) is 17.0 Å². The summed E-state index contributed by atoms with van der Waals surface area (Å²) in [4.78, 5) is 39.6. The van der Waals surface area contributed by atoms with Crippen LogP contribution in [-0.2, 0) is 11.2 Å². The van der Waals surface area contributed by atoms with Crippen molar-refractivity contribution in [3.63, 3.8) is 0 Å². The number of hydrogen-bond acceptors (Lipinski definition) is 4. The Kier molecular flexibility index (Phi) is 6.90. The minimum atomic E-state index is -0.896. The number of nitrogens with one attached hydrogen (secondary N) is 1. The van der Waals surface area contributed by atoms with Crippen molar-refractivity contribution in [2.45, 2.75) is 25.7 Å². The summed E-state index contributed by atoms with van der Waals surface area (Å²) in [6, 6.07) is 16.4. The van der Waals surface area contributed by atoms with Gasteiger partial charge >= 0.3 is 5.97 Å². The second-order valence-electron chi connectivity index (χ2n) is 9.66. The smallest absolute Gasteiger partial charge is 0.331 e. The Balaban J connectivity index is 1.40. The summed E-state index contributed by atoms with van der Waals surface area (Å²) in [7, 11) is 0. The second kappa shape index (κ2) is 10.2. The number of rotatable bonds is 4. The van der Waals surface area contributed by atoms with E-state index in [1.807, 2.05) is 30.3 Å². The maximum Gasteiger partial charge on any atom is 0.331 e. The number of anilines is 2. The van der Waals surface area contributed by atoms with E-state index in [9.17, 15) is 24.6 Å². The molecule has 1 heterocycles. The first-order valence-electron chi connectivity index (χ1n) is 12.1. The predicted octanol–water partition coefficient (Wildman–Crippen LogP) is 6.34. The molecule has 0 unspecified atom stereocenters. The number of aromatic hydroxyl groups is 1. The molecule has 3 aromatic rings. The van der Waals surface area contributed by atoms with Gasteiger partial charge in [-0.3, -0.25) is 9.59 Å². The molecule has 0 saturated heterocycles. The average molecular weight is 551 g/mol. The molecule has 38 heavy (non-hydrogen) atoms. The first kappa shape index (κ1) is 25.8. The summed E-state index contributed by atoms with van der Waals surface area (Å²) in [5, 5.41) is 23.3. The summed E-state index contributed by atoms with van der Waals surface area (Å²) >= 11 is 12.1. The van der Waals surface area contributed by atoms with Crippen molar-refractivity contribution in [1.29, 1.82) is 0 Å². The fraction of sp³-hybridized carbons (Fsp3) is 0.207. The zero-order chi connectivity index (χ0) is 27.0. The molecule has 0 saturated carbocycles. The summed E-state index contributed by atoms with van der Waals surface area (Å²) in [6.07, 6.45) is 4.36. The van der Waals surface area contributed by atoms with Crippen LogP contribution in [0.3, 0.4) is 0 Å². The number of hydrogen-bond donors (Lipinski definition) is 3. The predicted molar refractivity (Wildman–Crippen MR) is 146 cm³/mol. The van der Waals surface area contributed by atoms with E-state index in [0.29, 0.717) is 36.4 Å². The van der Waals surface area contributed by atoms with E-state index in [1.165, 1.54) is 24.3 Å². The topological polar surface area (TPSA) is 107 Å². The van der Waals surface area contributed by atoms with Gasteiger partial charge in [-0.05, 0) is 79.1 Å². The number of allylic oxidation sites excluding steroid dienone is 1. The number of aliphatic carboxylic acids is 1. The van der Waals surface area contributed by atoms with E-state index >= 15 is 0 Å². The molecule has 7 nitrogen and oxygen atoms in total. The van der Waals surface area contributed by atoms with Crippen LogP contribution in [-0.4, -0.2) is 34.5 Å². The summed E-state index contributed by atoms with van der Waals surface area (Å²) in [5.41, 5.74) is 2.35. The molecule has 0 bridgehead atoms. The molecule has 2 amide bonds. The number of nitrogens with zero attached hydrogens (tertiary/aromatic N) is 1. The van der Waals surface area contributed by atoms with E-state index in [0.717, 1.165) is 17.7 Å². The molecule has 3 N–H and O–H groups in total. The molecular weight excluding hydrogens is 527 g/mol. The van der Waals surface area contributed by atoms with Crippen LogP contribution in [0.1, 0.15) is 45.5 Å². The van der Waals surface area contributed by atoms with Gasteiger partial charge in [-0.2, -0.15) is 0 Å². The molecule has 0 aromatic heterocycles. The Hall–Kier alpha value is -3.81. The number of carboxylic acid groups (broad SMARTS) is 1. The van der Waals surface area contributed by atoms with E-state index < -0.39 is 11.9 Å². The van der Waals surface area contributed by atoms with Crippen LogP contribution in [0.15, 0.2) is 72.3 Å². The number of para-hydroxylation sites is 1. The van der Waals surface area contributed by atoms with Crippen LogP contribution >= 0.6 is 23.2 Å². The van der Waals surface area contributed by atoms with Gasteiger partial charge < -0.3 is 20.4 Å². The molecule has 9 heteroatoms. The van der Waals surface area contributed by atoms with E-state index in [4.69, 9.17) is 23.2 Å². The minimum Gasteiger partial charge on any atom is -0.506 e. The van der Waals surface area contributed by atoms with E-state index in [-0.39, 0.29) is 38.9 Å². The fourth-order valence-electron chi connectivity index (χ4n) is 5.25. The Morgan fingerprint density at radius 2 is 1.76 bits per heavy atom. The van der Waals surface area contributed by atoms with E-state index in [2.05, 4.69) is 5.32 Å². The zero-order valence-corrected chi connectivity index (χ0v) is 21.7. The number of amides is 2. The number of phenolic OH excluding ortho intramolecular Hbond substituents is 1. The Bertz CT molecular complexity index is 1500. The van der Waals surface area contributed by atoms with Gasteiger partial charge in [0.1, 0.15) is 5.75 Å². The first-order chi connectivity index (χ1) is 18.2. The standard InChI is InChI=1S/C29H24Cl2N2O5/c30-20-6-7-22(31)21(14-20)26(35)32-23-8-5-17(13-25(23)34)27(36)33-12-11-29(10-9-19(16-29)28(37)38)15-18-3-1-2-4-24(18)33/h1-8,13-14,16,34H,9-12,15H2,(H,32,35)(H,37,38)/t29-/m0/s1. The monoisotopic (exact) mass is 550 g/mol. The highest BCUT2D eigenvalue weighted by Crippen LogP contribution is 2.46. The van der Waals surface area contributed by atoms with Gasteiger partial charge in [0.15, 0.2) is 0 Å². The van der Waals surface area contributed by atoms with Gasteiger partial charge in [-0.25, -0.2) is 4.79 Å². The Labute approximate surface area is 229 Å². The van der Waals surface area contributed by atoms with Gasteiger partial charge in [-0.15, -0.1) is 0 Å². The number of benzene rings is 3. The highest BCUT2D eigenvalue weighted by molar-refractivity contribution is 6.36. The average Bonchev–Trinajstić information content (AvgIpc) is 3.24. The summed E-state index contributed by atoms with van der Waals surface area (Å²) in [6.45, 7) is 0.395. The van der Waals surface area contributed by atoms with Gasteiger partial charge in [0.2, 0.25) is 0 Å². The maximum absolute atomic E-state index is 13.7. The molecular formula is C29H24Cl2N2O5. The van der Waals surface area contributed by atoms with Crippen LogP contribution in [0.4, 0.5) is 11.4 Å². The van der Waals surface area contributed by atoms with Crippen molar-refractivity contribution in [2.75, 3.05) is 16.8 Å². The van der Waals surface area contributed by atoms with Gasteiger partial charge in [-0.1, -0.05) is 47.5 Å². The molecule has 5 rings (SSSR count). The number of carbonyl (C=O) groups is 3. The summed E-state index contributed by atoms with van der Waals surface area (Å²) in [5.74, 6) is -2.02. The normalized spacial score (nSPS) is 18.5. The second-order valence-corrected chi connectivity index (χ2v) is 10.5. The molecule has 194 valence electrons. The third-order valence-electron chi connectivity index (χ3n) is 7.22. The first-order valence-corrected chi connectivity index (χ1v) is 12.9. The van der Waals surface area contributed by atoms with Crippen LogP contribution in [0.5, 0.6) is 5.75 Å². The lowest BCUT2D eigenvalue weighted by Gasteiger charge is -2.26. The molecule has 1 aliphatic carbocycles. The van der Waals surface area contributed by atoms with Crippen molar-refractivity contribution in [3.8, 4) is 5.75 Å². The molecule has 1 atom stereocenters. The summed E-state index contributed by atoms with van der Waals surface area (Å²) < 4.78 is 0. The van der Waals surface area contributed by atoms with Crippen molar-refractivity contribution in [2.24, 2.45) is 5.41 Å². The van der Waals surface area contributed by atoms with Gasteiger partial charge in [0, 0.05) is 28.4 Å². The SMILES string of the molecule is O=C(O)C1=C[C@@]2(CC1)CCN(C(=O)c1ccc(NC(=O)c3cc(Cl)ccc3Cl)c(O)c1)c1ccccc1C2. The van der Waals surface area contributed by atoms with Crippen LogP contribution in [0, 0.1) is 5.41 Å². The number of carbonyl (C=O) groups excluding carboxylic acids is 2. The maximum atomic E-state index is 13.7. The van der Waals surface area contributed by atoms with Crippen LogP contribution < -0.4 is 10.2 Å². The third-order valence-corrected chi connectivity index (χ3v) is 7.78. The quantitative estimate of drug-likeness (QED) is 0.329. The zero-order valence-electron chi connectivity index (χ0n) is 20.2. The Morgan fingerprint density at radius 1 is 0.974 bits per heavy atom. The highest BCUT2D eigenvalue weighted by atomic mass is 35.5. The van der Waals surface area contributed by atoms with Crippen molar-refractivity contribution < 1.29 is 24.6 Å². The number of halogens is 2. The highest BCUT2D eigenvalue weighted by Gasteiger charge is 2.39. The molecule has 0 radical (unpaired) electrons. The molecule has 3 aromatic carbocycles. The lowest BCUT2D eigenvalue weighted by atomic mass is 9.79. The third kappa shape index (κ3) is 4.99. The van der Waals surface area contributed by atoms with Crippen molar-refractivity contribution in [3.05, 3.63) is 99.0 Å². The number of fused-ring (bicyclic) bond motifs is 1.